The van der Waals surface area contributed by atoms with Crippen LogP contribution in [0.1, 0.15) is 25.7 Å². The van der Waals surface area contributed by atoms with Crippen molar-refractivity contribution in [3.63, 3.8) is 0 Å². The minimum atomic E-state index is -0.371. The fraction of sp³-hybridized carbons (Fsp3) is 0.667. The van der Waals surface area contributed by atoms with Crippen LogP contribution in [0.3, 0.4) is 0 Å². The topological polar surface area (TPSA) is 46.5 Å². The number of aliphatic hydroxyl groups excluding tert-OH is 1. The number of aliphatic hydroxyl groups is 1. The molecular formula is C12H17BrO3. The summed E-state index contributed by atoms with van der Waals surface area (Å²) >= 11 is 3.46. The molecule has 0 heterocycles. The van der Waals surface area contributed by atoms with E-state index in [1.807, 2.05) is 0 Å². The van der Waals surface area contributed by atoms with E-state index >= 15 is 0 Å². The van der Waals surface area contributed by atoms with Crippen molar-refractivity contribution in [2.45, 2.75) is 42.7 Å². The summed E-state index contributed by atoms with van der Waals surface area (Å²) in [4.78, 5) is 10.5. The molecule has 1 aliphatic rings. The summed E-state index contributed by atoms with van der Waals surface area (Å²) in [6, 6.07) is 0. The number of carbonyl (C=O) groups excluding carboxylic acids is 1. The van der Waals surface area contributed by atoms with E-state index in [1.165, 1.54) is 0 Å². The summed E-state index contributed by atoms with van der Waals surface area (Å²) in [6.07, 6.45) is 4.60. The van der Waals surface area contributed by atoms with Gasteiger partial charge in [-0.2, -0.15) is 0 Å². The van der Waals surface area contributed by atoms with Crippen LogP contribution in [-0.2, 0) is 9.53 Å². The van der Waals surface area contributed by atoms with Gasteiger partial charge in [0.05, 0.1) is 6.10 Å². The van der Waals surface area contributed by atoms with E-state index in [1.54, 1.807) is 6.08 Å². The van der Waals surface area contributed by atoms with Gasteiger partial charge in [0.1, 0.15) is 6.10 Å². The van der Waals surface area contributed by atoms with Gasteiger partial charge in [0, 0.05) is 4.83 Å². The van der Waals surface area contributed by atoms with E-state index in [4.69, 9.17) is 4.74 Å². The Morgan fingerprint density at radius 3 is 3.00 bits per heavy atom. The lowest BCUT2D eigenvalue weighted by molar-refractivity contribution is -0.132. The lowest BCUT2D eigenvalue weighted by Gasteiger charge is -2.32. The maximum atomic E-state index is 10.3. The number of ether oxygens (including phenoxy) is 1. The lowest BCUT2D eigenvalue weighted by Crippen LogP contribution is -2.35. The Morgan fingerprint density at radius 1 is 1.62 bits per heavy atom. The predicted octanol–water partition coefficient (Wildman–Crippen LogP) is 2.18. The number of hydrogen-bond donors (Lipinski definition) is 1. The van der Waals surface area contributed by atoms with Crippen LogP contribution in [-0.4, -0.2) is 28.6 Å². The monoisotopic (exact) mass is 288 g/mol. The van der Waals surface area contributed by atoms with E-state index < -0.39 is 0 Å². The molecule has 90 valence electrons. The number of carbonyl (C=O) groups is 1. The molecule has 16 heavy (non-hydrogen) atoms. The quantitative estimate of drug-likeness (QED) is 0.479. The first-order chi connectivity index (χ1) is 7.69. The Balaban J connectivity index is 2.55. The van der Waals surface area contributed by atoms with Crippen LogP contribution in [0.5, 0.6) is 0 Å². The fourth-order valence-corrected chi connectivity index (χ4v) is 2.89. The molecular weight excluding hydrogens is 272 g/mol. The molecule has 0 aromatic heterocycles. The zero-order chi connectivity index (χ0) is 12.0. The minimum Gasteiger partial charge on any atom is -0.460 e. The van der Waals surface area contributed by atoms with Crippen molar-refractivity contribution in [2.75, 3.05) is 0 Å². The predicted molar refractivity (Wildman–Crippen MR) is 65.3 cm³/mol. The van der Waals surface area contributed by atoms with Gasteiger partial charge in [-0.1, -0.05) is 28.9 Å². The van der Waals surface area contributed by atoms with E-state index in [2.05, 4.69) is 28.2 Å². The maximum Gasteiger partial charge on any atom is 0.293 e. The van der Waals surface area contributed by atoms with Gasteiger partial charge < -0.3 is 9.84 Å². The number of hydrogen-bond acceptors (Lipinski definition) is 3. The van der Waals surface area contributed by atoms with E-state index in [0.717, 1.165) is 19.3 Å². The van der Waals surface area contributed by atoms with Crippen molar-refractivity contribution in [1.29, 1.82) is 0 Å². The summed E-state index contributed by atoms with van der Waals surface area (Å²) in [5, 5.41) is 9.98. The van der Waals surface area contributed by atoms with Crippen molar-refractivity contribution < 1.29 is 14.6 Å². The molecule has 4 unspecified atom stereocenters. The fourth-order valence-electron chi connectivity index (χ4n) is 2.13. The highest BCUT2D eigenvalue weighted by molar-refractivity contribution is 9.09. The SMILES string of the molecule is C=C=CC(CC1CCCC(Br)C1O)OC=O. The third-order valence-corrected chi connectivity index (χ3v) is 3.98. The molecule has 4 atom stereocenters. The first kappa shape index (κ1) is 13.5. The van der Waals surface area contributed by atoms with Crippen LogP contribution in [0, 0.1) is 5.92 Å². The van der Waals surface area contributed by atoms with Crippen molar-refractivity contribution in [3.8, 4) is 0 Å². The summed E-state index contributed by atoms with van der Waals surface area (Å²) in [6.45, 7) is 3.89. The summed E-state index contributed by atoms with van der Waals surface area (Å²) in [5.41, 5.74) is 2.62. The smallest absolute Gasteiger partial charge is 0.293 e. The molecule has 0 radical (unpaired) electrons. The average molecular weight is 289 g/mol. The number of alkyl halides is 1. The number of halogens is 1. The van der Waals surface area contributed by atoms with Crippen molar-refractivity contribution in [1.82, 2.24) is 0 Å². The Bertz CT molecular complexity index is 273. The zero-order valence-corrected chi connectivity index (χ0v) is 10.7. The van der Waals surface area contributed by atoms with E-state index in [-0.39, 0.29) is 23.0 Å². The van der Waals surface area contributed by atoms with Crippen LogP contribution in [0.4, 0.5) is 0 Å². The van der Waals surface area contributed by atoms with Gasteiger partial charge in [0.25, 0.3) is 6.47 Å². The molecule has 4 heteroatoms. The van der Waals surface area contributed by atoms with E-state index in [0.29, 0.717) is 12.9 Å². The van der Waals surface area contributed by atoms with Crippen molar-refractivity contribution in [2.24, 2.45) is 5.92 Å². The van der Waals surface area contributed by atoms with Crippen molar-refractivity contribution in [3.05, 3.63) is 18.4 Å². The molecule has 1 aliphatic carbocycles. The molecule has 1 rings (SSSR count). The summed E-state index contributed by atoms with van der Waals surface area (Å²) < 4.78 is 4.90. The minimum absolute atomic E-state index is 0.149. The van der Waals surface area contributed by atoms with Gasteiger partial charge in [-0.25, -0.2) is 0 Å². The Hall–Kier alpha value is -0.570. The third kappa shape index (κ3) is 3.78. The Labute approximate surface area is 104 Å². The molecule has 1 N–H and O–H groups in total. The van der Waals surface area contributed by atoms with Crippen molar-refractivity contribution >= 4 is 22.4 Å². The molecule has 0 aromatic carbocycles. The van der Waals surface area contributed by atoms with Gasteiger partial charge in [-0.15, -0.1) is 5.73 Å². The van der Waals surface area contributed by atoms with Crippen LogP contribution >= 0.6 is 15.9 Å². The van der Waals surface area contributed by atoms with E-state index in [9.17, 15) is 9.90 Å². The highest BCUT2D eigenvalue weighted by atomic mass is 79.9. The molecule has 0 bridgehead atoms. The molecule has 0 aliphatic heterocycles. The second-order valence-electron chi connectivity index (χ2n) is 4.07. The van der Waals surface area contributed by atoms with Crippen LogP contribution in [0.2, 0.25) is 0 Å². The number of rotatable bonds is 5. The average Bonchev–Trinajstić information content (AvgIpc) is 2.25. The third-order valence-electron chi connectivity index (χ3n) is 2.98. The highest BCUT2D eigenvalue weighted by Crippen LogP contribution is 2.32. The summed E-state index contributed by atoms with van der Waals surface area (Å²) in [7, 11) is 0. The second-order valence-corrected chi connectivity index (χ2v) is 5.25. The first-order valence-corrected chi connectivity index (χ1v) is 6.37. The van der Waals surface area contributed by atoms with Gasteiger partial charge >= 0.3 is 0 Å². The molecule has 1 saturated carbocycles. The molecule has 1 fully saturated rings. The summed E-state index contributed by atoms with van der Waals surface area (Å²) in [5.74, 6) is 0.160. The molecule has 0 spiro atoms. The molecule has 3 nitrogen and oxygen atoms in total. The molecule has 0 aromatic rings. The lowest BCUT2D eigenvalue weighted by atomic mass is 9.83. The largest absolute Gasteiger partial charge is 0.460 e. The molecule has 0 saturated heterocycles. The Kier molecular flexibility index (Phi) is 5.81. The standard InChI is InChI=1S/C12H17BrO3/c1-2-4-10(16-8-14)7-9-5-3-6-11(13)12(9)15/h4,8-12,15H,1,3,5-7H2. The second kappa shape index (κ2) is 6.89. The molecule has 0 amide bonds. The van der Waals surface area contributed by atoms with Gasteiger partial charge in [-0.05, 0) is 31.3 Å². The highest BCUT2D eigenvalue weighted by Gasteiger charge is 2.31. The van der Waals surface area contributed by atoms with Crippen LogP contribution in [0.15, 0.2) is 18.4 Å². The maximum absolute atomic E-state index is 10.3. The Morgan fingerprint density at radius 2 is 2.38 bits per heavy atom. The van der Waals surface area contributed by atoms with Gasteiger partial charge in [0.2, 0.25) is 0 Å². The van der Waals surface area contributed by atoms with Gasteiger partial charge in [-0.3, -0.25) is 4.79 Å². The first-order valence-electron chi connectivity index (χ1n) is 5.46. The zero-order valence-electron chi connectivity index (χ0n) is 9.14. The van der Waals surface area contributed by atoms with Crippen LogP contribution in [0.25, 0.3) is 0 Å². The van der Waals surface area contributed by atoms with Gasteiger partial charge in [0.15, 0.2) is 0 Å². The van der Waals surface area contributed by atoms with Crippen LogP contribution < -0.4 is 0 Å². The normalized spacial score (nSPS) is 31.2.